The minimum Gasteiger partial charge on any atom is -0.486 e. The smallest absolute Gasteiger partial charge is 0.271 e. The molecular weight excluding hydrogens is 367 g/mol. The van der Waals surface area contributed by atoms with Gasteiger partial charge in [-0.1, -0.05) is 0 Å². The Kier molecular flexibility index (Phi) is 4.56. The third-order valence-corrected chi connectivity index (χ3v) is 4.39. The second-order valence-electron chi connectivity index (χ2n) is 6.30. The van der Waals surface area contributed by atoms with Gasteiger partial charge in [0.25, 0.3) is 5.91 Å². The Labute approximate surface area is 159 Å². The highest BCUT2D eigenvalue weighted by atomic mass is 19.1. The summed E-state index contributed by atoms with van der Waals surface area (Å²) in [6.07, 6.45) is 0.0447. The van der Waals surface area contributed by atoms with Gasteiger partial charge in [0.05, 0.1) is 5.69 Å². The van der Waals surface area contributed by atoms with Crippen LogP contribution in [0.25, 0.3) is 0 Å². The quantitative estimate of drug-likeness (QED) is 0.834. The maximum absolute atomic E-state index is 13.2. The Hall–Kier alpha value is -3.62. The number of nitrogens with zero attached hydrogens (tertiary/aromatic N) is 2. The van der Waals surface area contributed by atoms with E-state index in [1.165, 1.54) is 29.3 Å². The van der Waals surface area contributed by atoms with Gasteiger partial charge >= 0.3 is 0 Å². The lowest BCUT2D eigenvalue weighted by Gasteiger charge is -2.20. The molecule has 28 heavy (non-hydrogen) atoms. The lowest BCUT2D eigenvalue weighted by molar-refractivity contribution is -0.119. The van der Waals surface area contributed by atoms with Crippen LogP contribution >= 0.6 is 0 Å². The first-order chi connectivity index (χ1) is 13.5. The molecule has 1 atom stereocenters. The van der Waals surface area contributed by atoms with Gasteiger partial charge in [0.15, 0.2) is 11.5 Å². The summed E-state index contributed by atoms with van der Waals surface area (Å²) in [4.78, 5) is 24.4. The summed E-state index contributed by atoms with van der Waals surface area (Å²) < 4.78 is 24.1. The molecule has 0 saturated carbocycles. The largest absolute Gasteiger partial charge is 0.486 e. The summed E-state index contributed by atoms with van der Waals surface area (Å²) in [6, 6.07) is 9.65. The number of hydrogen-bond acceptors (Lipinski definition) is 6. The highest BCUT2D eigenvalue weighted by molar-refractivity contribution is 6.44. The molecule has 4 rings (SSSR count). The zero-order valence-corrected chi connectivity index (χ0v) is 14.7. The molecule has 2 aliphatic rings. The van der Waals surface area contributed by atoms with Crippen molar-refractivity contribution in [2.24, 2.45) is 10.8 Å². The van der Waals surface area contributed by atoms with Gasteiger partial charge in [0, 0.05) is 18.2 Å². The highest BCUT2D eigenvalue weighted by Crippen LogP contribution is 2.33. The molecule has 0 unspecified atom stereocenters. The number of ether oxygens (including phenoxy) is 2. The van der Waals surface area contributed by atoms with Crippen molar-refractivity contribution in [1.82, 2.24) is 0 Å². The number of hydrogen-bond donors (Lipinski definition) is 2. The van der Waals surface area contributed by atoms with Crippen LogP contribution in [-0.2, 0) is 9.59 Å². The van der Waals surface area contributed by atoms with Crippen LogP contribution in [0.1, 0.15) is 6.42 Å². The SMILES string of the molecule is NC(=O)[C@H]1CC(C(=O)Nc2ccc3c(c2)OCCO3)=NN1c1ccc(F)cc1. The molecular formula is C19H17FN4O4. The fourth-order valence-corrected chi connectivity index (χ4v) is 3.03. The number of halogens is 1. The predicted molar refractivity (Wildman–Crippen MR) is 100.0 cm³/mol. The van der Waals surface area contributed by atoms with Gasteiger partial charge in [-0.25, -0.2) is 4.39 Å². The second kappa shape index (κ2) is 7.18. The van der Waals surface area contributed by atoms with Crippen molar-refractivity contribution in [2.45, 2.75) is 12.5 Å². The number of hydrazone groups is 1. The molecule has 0 saturated heterocycles. The standard InChI is InChI=1S/C19H17FN4O4/c20-11-1-4-13(5-2-11)24-15(18(21)25)10-14(23-24)19(26)22-12-3-6-16-17(9-12)28-8-7-27-16/h1-6,9,15H,7-8,10H2,(H2,21,25)(H,22,26)/t15-/m1/s1. The van der Waals surface area contributed by atoms with Gasteiger partial charge in [0.2, 0.25) is 5.91 Å². The summed E-state index contributed by atoms with van der Waals surface area (Å²) in [5, 5.41) is 8.30. The summed E-state index contributed by atoms with van der Waals surface area (Å²) in [7, 11) is 0. The average Bonchev–Trinajstić information content (AvgIpc) is 3.14. The molecule has 0 fully saturated rings. The van der Waals surface area contributed by atoms with Crippen molar-refractivity contribution < 1.29 is 23.5 Å². The van der Waals surface area contributed by atoms with Crippen LogP contribution in [-0.4, -0.2) is 36.8 Å². The summed E-state index contributed by atoms with van der Waals surface area (Å²) in [6.45, 7) is 0.910. The third kappa shape index (κ3) is 3.46. The molecule has 0 spiro atoms. The first-order valence-corrected chi connectivity index (χ1v) is 8.64. The Balaban J connectivity index is 1.54. The van der Waals surface area contributed by atoms with Crippen molar-refractivity contribution >= 4 is 28.9 Å². The maximum Gasteiger partial charge on any atom is 0.271 e. The summed E-state index contributed by atoms with van der Waals surface area (Å²) >= 11 is 0. The van der Waals surface area contributed by atoms with E-state index in [9.17, 15) is 14.0 Å². The van der Waals surface area contributed by atoms with Crippen molar-refractivity contribution in [3.05, 3.63) is 48.3 Å². The van der Waals surface area contributed by atoms with Crippen LogP contribution in [0.4, 0.5) is 15.8 Å². The molecule has 0 aliphatic carbocycles. The van der Waals surface area contributed by atoms with E-state index in [0.29, 0.717) is 36.1 Å². The molecule has 2 amide bonds. The van der Waals surface area contributed by atoms with Crippen LogP contribution < -0.4 is 25.5 Å². The van der Waals surface area contributed by atoms with Gasteiger partial charge in [-0.3, -0.25) is 14.6 Å². The molecule has 2 aromatic rings. The molecule has 2 aromatic carbocycles. The number of carbonyl (C=O) groups is 2. The minimum atomic E-state index is -0.827. The Morgan fingerprint density at radius 2 is 1.82 bits per heavy atom. The number of carbonyl (C=O) groups excluding carboxylic acids is 2. The van der Waals surface area contributed by atoms with Crippen LogP contribution in [0.2, 0.25) is 0 Å². The lowest BCUT2D eigenvalue weighted by atomic mass is 10.1. The van der Waals surface area contributed by atoms with Crippen LogP contribution in [0, 0.1) is 5.82 Å². The Bertz CT molecular complexity index is 961. The number of nitrogens with one attached hydrogen (secondary N) is 1. The number of nitrogens with two attached hydrogens (primary N) is 1. The van der Waals surface area contributed by atoms with E-state index in [4.69, 9.17) is 15.2 Å². The van der Waals surface area contributed by atoms with Gasteiger partial charge in [-0.05, 0) is 36.4 Å². The summed E-state index contributed by atoms with van der Waals surface area (Å²) in [5.41, 5.74) is 6.57. The van der Waals surface area contributed by atoms with E-state index in [-0.39, 0.29) is 12.1 Å². The molecule has 3 N–H and O–H groups in total. The molecule has 144 valence electrons. The Morgan fingerprint density at radius 1 is 1.11 bits per heavy atom. The zero-order chi connectivity index (χ0) is 19.7. The number of anilines is 2. The molecule has 2 aliphatic heterocycles. The van der Waals surface area contributed by atoms with Crippen molar-refractivity contribution in [3.63, 3.8) is 0 Å². The first-order valence-electron chi connectivity index (χ1n) is 8.64. The van der Waals surface area contributed by atoms with E-state index in [0.717, 1.165) is 0 Å². The topological polar surface area (TPSA) is 106 Å². The molecule has 9 heteroatoms. The lowest BCUT2D eigenvalue weighted by Crippen LogP contribution is -2.39. The second-order valence-corrected chi connectivity index (χ2v) is 6.30. The minimum absolute atomic E-state index is 0.0447. The average molecular weight is 384 g/mol. The number of rotatable bonds is 4. The van der Waals surface area contributed by atoms with E-state index in [1.54, 1.807) is 18.2 Å². The number of amides is 2. The van der Waals surface area contributed by atoms with E-state index in [1.807, 2.05) is 0 Å². The van der Waals surface area contributed by atoms with Crippen LogP contribution in [0.3, 0.4) is 0 Å². The van der Waals surface area contributed by atoms with Crippen molar-refractivity contribution in [1.29, 1.82) is 0 Å². The number of primary amides is 1. The first kappa shape index (κ1) is 17.8. The third-order valence-electron chi connectivity index (χ3n) is 4.39. The van der Waals surface area contributed by atoms with Gasteiger partial charge in [-0.15, -0.1) is 0 Å². The summed E-state index contributed by atoms with van der Waals surface area (Å²) in [5.74, 6) is -0.360. The predicted octanol–water partition coefficient (Wildman–Crippen LogP) is 1.66. The van der Waals surface area contributed by atoms with Crippen LogP contribution in [0.15, 0.2) is 47.6 Å². The molecule has 0 bridgehead atoms. The van der Waals surface area contributed by atoms with Crippen molar-refractivity contribution in [2.75, 3.05) is 23.5 Å². The van der Waals surface area contributed by atoms with E-state index >= 15 is 0 Å². The molecule has 0 radical (unpaired) electrons. The number of fused-ring (bicyclic) bond motifs is 1. The molecule has 0 aromatic heterocycles. The zero-order valence-electron chi connectivity index (χ0n) is 14.7. The Morgan fingerprint density at radius 3 is 2.54 bits per heavy atom. The van der Waals surface area contributed by atoms with Crippen molar-refractivity contribution in [3.8, 4) is 11.5 Å². The van der Waals surface area contributed by atoms with Gasteiger partial charge in [-0.2, -0.15) is 5.10 Å². The monoisotopic (exact) mass is 384 g/mol. The maximum atomic E-state index is 13.2. The van der Waals surface area contributed by atoms with Crippen LogP contribution in [0.5, 0.6) is 11.5 Å². The normalized spacial score (nSPS) is 17.8. The van der Waals surface area contributed by atoms with Gasteiger partial charge in [0.1, 0.15) is 30.8 Å². The van der Waals surface area contributed by atoms with Gasteiger partial charge < -0.3 is 20.5 Å². The van der Waals surface area contributed by atoms with E-state index in [2.05, 4.69) is 10.4 Å². The van der Waals surface area contributed by atoms with E-state index < -0.39 is 23.7 Å². The molecule has 8 nitrogen and oxygen atoms in total. The number of benzene rings is 2. The molecule has 2 heterocycles. The highest BCUT2D eigenvalue weighted by Gasteiger charge is 2.35. The fourth-order valence-electron chi connectivity index (χ4n) is 3.03. The fraction of sp³-hybridized carbons (Fsp3) is 0.211.